The Kier molecular flexibility index (Phi) is 11.5. The second-order valence-electron chi connectivity index (χ2n) is 10.1. The fourth-order valence-electron chi connectivity index (χ4n) is 4.75. The molecule has 0 radical (unpaired) electrons. The third kappa shape index (κ3) is 8.34. The van der Waals surface area contributed by atoms with Gasteiger partial charge < -0.3 is 37.3 Å². The number of pyridine rings is 1. The SMILES string of the molecule is Cc1nc2c(N)nc3ccccc3c2n1Cc1ccc(CNC(=S)NCCCNCCCCNCCCN)cc1. The molecule has 10 heteroatoms. The van der Waals surface area contributed by atoms with Crippen LogP contribution in [0.25, 0.3) is 21.9 Å². The number of aryl methyl sites for hydroxylation is 1. The lowest BCUT2D eigenvalue weighted by molar-refractivity contribution is 0.567. The lowest BCUT2D eigenvalue weighted by Gasteiger charge is -2.12. The largest absolute Gasteiger partial charge is 0.382 e. The molecule has 0 amide bonds. The molecule has 0 aliphatic rings. The van der Waals surface area contributed by atoms with Gasteiger partial charge in [0, 0.05) is 25.0 Å². The van der Waals surface area contributed by atoms with Crippen molar-refractivity contribution in [3.05, 3.63) is 65.5 Å². The summed E-state index contributed by atoms with van der Waals surface area (Å²) >= 11 is 5.46. The van der Waals surface area contributed by atoms with Crippen LogP contribution in [-0.4, -0.2) is 58.9 Å². The normalized spacial score (nSPS) is 11.3. The number of hydrogen-bond donors (Lipinski definition) is 6. The smallest absolute Gasteiger partial charge is 0.166 e. The first-order valence-electron chi connectivity index (χ1n) is 14.3. The Morgan fingerprint density at radius 1 is 0.825 bits per heavy atom. The molecule has 0 saturated carbocycles. The fourth-order valence-corrected chi connectivity index (χ4v) is 4.92. The summed E-state index contributed by atoms with van der Waals surface area (Å²) in [5.41, 5.74) is 16.8. The van der Waals surface area contributed by atoms with Gasteiger partial charge in [0.15, 0.2) is 10.9 Å². The van der Waals surface area contributed by atoms with E-state index in [2.05, 4.69) is 61.2 Å². The van der Waals surface area contributed by atoms with E-state index in [0.717, 1.165) is 79.9 Å². The van der Waals surface area contributed by atoms with Crippen molar-refractivity contribution >= 4 is 45.1 Å². The van der Waals surface area contributed by atoms with E-state index in [0.29, 0.717) is 24.0 Å². The van der Waals surface area contributed by atoms with Crippen molar-refractivity contribution in [2.24, 2.45) is 5.73 Å². The Labute approximate surface area is 242 Å². The van der Waals surface area contributed by atoms with Gasteiger partial charge in [-0.2, -0.15) is 0 Å². The second kappa shape index (κ2) is 15.5. The number of nitrogens with zero attached hydrogens (tertiary/aromatic N) is 3. The number of thiocarbonyl (C=S) groups is 1. The molecule has 0 saturated heterocycles. The number of aromatic nitrogens is 3. The highest BCUT2D eigenvalue weighted by Crippen LogP contribution is 2.29. The summed E-state index contributed by atoms with van der Waals surface area (Å²) in [6, 6.07) is 16.7. The number of hydrogen-bond acceptors (Lipinski definition) is 7. The van der Waals surface area contributed by atoms with E-state index in [1.54, 1.807) is 0 Å². The number of imidazole rings is 1. The summed E-state index contributed by atoms with van der Waals surface area (Å²) in [6.07, 6.45) is 4.45. The maximum Gasteiger partial charge on any atom is 0.166 e. The van der Waals surface area contributed by atoms with Gasteiger partial charge >= 0.3 is 0 Å². The number of nitrogens with two attached hydrogens (primary N) is 2. The van der Waals surface area contributed by atoms with E-state index in [1.807, 2.05) is 25.1 Å². The number of unbranched alkanes of at least 4 members (excludes halogenated alkanes) is 1. The summed E-state index contributed by atoms with van der Waals surface area (Å²) in [5.74, 6) is 1.39. The number of nitrogens with one attached hydrogen (secondary N) is 4. The van der Waals surface area contributed by atoms with Gasteiger partial charge in [-0.15, -0.1) is 0 Å². The van der Waals surface area contributed by atoms with Crippen molar-refractivity contribution in [3.63, 3.8) is 0 Å². The summed E-state index contributed by atoms with van der Waals surface area (Å²) < 4.78 is 2.22. The van der Waals surface area contributed by atoms with Gasteiger partial charge in [-0.3, -0.25) is 0 Å². The van der Waals surface area contributed by atoms with E-state index >= 15 is 0 Å². The molecule has 0 aliphatic carbocycles. The lowest BCUT2D eigenvalue weighted by atomic mass is 10.1. The maximum absolute atomic E-state index is 6.24. The van der Waals surface area contributed by atoms with E-state index in [4.69, 9.17) is 28.7 Å². The van der Waals surface area contributed by atoms with Gasteiger partial charge in [-0.25, -0.2) is 9.97 Å². The molecule has 2 aromatic carbocycles. The minimum atomic E-state index is 0.468. The molecule has 0 bridgehead atoms. The molecule has 0 spiro atoms. The van der Waals surface area contributed by atoms with Crippen molar-refractivity contribution in [1.82, 2.24) is 35.8 Å². The number of fused-ring (bicyclic) bond motifs is 3. The zero-order valence-corrected chi connectivity index (χ0v) is 24.3. The Morgan fingerprint density at radius 3 is 2.25 bits per heavy atom. The third-order valence-electron chi connectivity index (χ3n) is 6.95. The molecule has 4 rings (SSSR count). The van der Waals surface area contributed by atoms with Crippen LogP contribution < -0.4 is 32.7 Å². The molecule has 8 N–H and O–H groups in total. The van der Waals surface area contributed by atoms with E-state index < -0.39 is 0 Å². The highest BCUT2D eigenvalue weighted by atomic mass is 32.1. The van der Waals surface area contributed by atoms with Gasteiger partial charge in [0.2, 0.25) is 0 Å². The number of anilines is 1. The van der Waals surface area contributed by atoms with Crippen LogP contribution in [0.1, 0.15) is 42.6 Å². The molecule has 2 aromatic heterocycles. The molecule has 4 aromatic rings. The Hall–Kier alpha value is -3.31. The molecule has 214 valence electrons. The van der Waals surface area contributed by atoms with Crippen LogP contribution in [0.3, 0.4) is 0 Å². The fraction of sp³-hybridized carbons (Fsp3) is 0.433. The van der Waals surface area contributed by atoms with E-state index in [-0.39, 0.29) is 0 Å². The second-order valence-corrected chi connectivity index (χ2v) is 10.5. The molecule has 0 fully saturated rings. The standard InChI is InChI=1S/C30H43N9S/c1-22-37-27-28(25-8-2-3-9-26(25)38-29(27)32)39(22)21-24-12-10-23(11-13-24)20-36-30(40)35-19-7-18-34-16-5-4-15-33-17-6-14-31/h2-3,8-13,33-34H,4-7,14-21,31H2,1H3,(H2,32,38)(H2,35,36,40). The Morgan fingerprint density at radius 2 is 1.50 bits per heavy atom. The van der Waals surface area contributed by atoms with Gasteiger partial charge in [0.05, 0.1) is 11.0 Å². The summed E-state index contributed by atoms with van der Waals surface area (Å²) in [5, 5.41) is 15.3. The maximum atomic E-state index is 6.24. The van der Waals surface area contributed by atoms with Gasteiger partial charge in [0.1, 0.15) is 11.3 Å². The highest BCUT2D eigenvalue weighted by molar-refractivity contribution is 7.80. The lowest BCUT2D eigenvalue weighted by Crippen LogP contribution is -2.36. The van der Waals surface area contributed by atoms with Crippen molar-refractivity contribution in [2.75, 3.05) is 45.0 Å². The van der Waals surface area contributed by atoms with E-state index in [1.165, 1.54) is 24.0 Å². The zero-order valence-electron chi connectivity index (χ0n) is 23.5. The first kappa shape index (κ1) is 29.7. The zero-order chi connectivity index (χ0) is 28.2. The molecular formula is C30H43N9S. The molecule has 0 atom stereocenters. The average Bonchev–Trinajstić information content (AvgIpc) is 3.29. The number of benzene rings is 2. The minimum Gasteiger partial charge on any atom is -0.382 e. The average molecular weight is 562 g/mol. The van der Waals surface area contributed by atoms with Gasteiger partial charge in [0.25, 0.3) is 0 Å². The quantitative estimate of drug-likeness (QED) is 0.0902. The van der Waals surface area contributed by atoms with Crippen LogP contribution in [-0.2, 0) is 13.1 Å². The summed E-state index contributed by atoms with van der Waals surface area (Å²) in [7, 11) is 0. The van der Waals surface area contributed by atoms with Crippen molar-refractivity contribution in [3.8, 4) is 0 Å². The number of rotatable bonds is 16. The van der Waals surface area contributed by atoms with Crippen molar-refractivity contribution in [2.45, 2.75) is 45.7 Å². The number of para-hydroxylation sites is 1. The van der Waals surface area contributed by atoms with Crippen LogP contribution in [0.4, 0.5) is 5.82 Å². The monoisotopic (exact) mass is 561 g/mol. The third-order valence-corrected chi connectivity index (χ3v) is 7.24. The van der Waals surface area contributed by atoms with Crippen LogP contribution in [0.5, 0.6) is 0 Å². The van der Waals surface area contributed by atoms with Crippen molar-refractivity contribution in [1.29, 1.82) is 0 Å². The van der Waals surface area contributed by atoms with Crippen LogP contribution in [0.2, 0.25) is 0 Å². The molecule has 40 heavy (non-hydrogen) atoms. The van der Waals surface area contributed by atoms with Crippen LogP contribution >= 0.6 is 12.2 Å². The molecule has 0 unspecified atom stereocenters. The predicted octanol–water partition coefficient (Wildman–Crippen LogP) is 3.19. The Bertz CT molecular complexity index is 1370. The first-order valence-corrected chi connectivity index (χ1v) is 14.7. The highest BCUT2D eigenvalue weighted by Gasteiger charge is 2.15. The topological polar surface area (TPSA) is 131 Å². The summed E-state index contributed by atoms with van der Waals surface area (Å²) in [4.78, 5) is 9.26. The van der Waals surface area contributed by atoms with Crippen LogP contribution in [0.15, 0.2) is 48.5 Å². The minimum absolute atomic E-state index is 0.468. The first-order chi connectivity index (χ1) is 19.6. The molecular weight excluding hydrogens is 518 g/mol. The van der Waals surface area contributed by atoms with Gasteiger partial charge in [-0.05, 0) is 94.7 Å². The molecule has 2 heterocycles. The molecule has 9 nitrogen and oxygen atoms in total. The van der Waals surface area contributed by atoms with Crippen molar-refractivity contribution < 1.29 is 0 Å². The predicted molar refractivity (Wildman–Crippen MR) is 170 cm³/mol. The molecule has 0 aliphatic heterocycles. The van der Waals surface area contributed by atoms with Gasteiger partial charge in [-0.1, -0.05) is 42.5 Å². The van der Waals surface area contributed by atoms with E-state index in [9.17, 15) is 0 Å². The summed E-state index contributed by atoms with van der Waals surface area (Å²) in [6.45, 7) is 9.15. The Balaban J connectivity index is 1.17. The number of nitrogen functional groups attached to an aromatic ring is 1. The van der Waals surface area contributed by atoms with Crippen LogP contribution in [0, 0.1) is 6.92 Å².